The van der Waals surface area contributed by atoms with Crippen LogP contribution in [-0.4, -0.2) is 16.9 Å². The predicted octanol–water partition coefficient (Wildman–Crippen LogP) is 3.24. The average molecular weight is 294 g/mol. The van der Waals surface area contributed by atoms with E-state index in [0.29, 0.717) is 6.54 Å². The number of aryl methyl sites for hydroxylation is 2. The molecule has 2 rings (SSSR count). The molecule has 0 aliphatic rings. The summed E-state index contributed by atoms with van der Waals surface area (Å²) in [5.41, 5.74) is 3.23. The molecule has 1 atom stereocenters. The Hall–Kier alpha value is -1.52. The third-order valence-electron chi connectivity index (χ3n) is 3.42. The molecule has 108 valence electrons. The van der Waals surface area contributed by atoms with Crippen molar-refractivity contribution in [3.05, 3.63) is 46.1 Å². The van der Waals surface area contributed by atoms with Gasteiger partial charge >= 0.3 is 0 Å². The van der Waals surface area contributed by atoms with E-state index in [2.05, 4.69) is 23.4 Å². The van der Waals surface area contributed by atoms with Crippen molar-refractivity contribution < 1.29 is 4.74 Å². The van der Waals surface area contributed by atoms with Gasteiger partial charge in [-0.2, -0.15) is 5.10 Å². The van der Waals surface area contributed by atoms with Crippen LogP contribution in [0, 0.1) is 6.92 Å². The Labute approximate surface area is 124 Å². The molecule has 1 N–H and O–H groups in total. The van der Waals surface area contributed by atoms with Gasteiger partial charge in [0.05, 0.1) is 18.4 Å². The van der Waals surface area contributed by atoms with Crippen LogP contribution in [0.3, 0.4) is 0 Å². The normalized spacial score (nSPS) is 12.4. The molecule has 0 bridgehead atoms. The zero-order chi connectivity index (χ0) is 14.7. The van der Waals surface area contributed by atoms with Crippen molar-refractivity contribution in [1.82, 2.24) is 15.1 Å². The predicted molar refractivity (Wildman–Crippen MR) is 81.2 cm³/mol. The Bertz CT molecular complexity index is 595. The maximum atomic E-state index is 6.02. The van der Waals surface area contributed by atoms with E-state index in [0.717, 1.165) is 27.7 Å². The van der Waals surface area contributed by atoms with E-state index in [9.17, 15) is 0 Å². The molecule has 1 heterocycles. The molecule has 0 unspecified atom stereocenters. The molecular weight excluding hydrogens is 274 g/mol. The lowest BCUT2D eigenvalue weighted by molar-refractivity contribution is 0.367. The number of methoxy groups -OCH3 is 1. The van der Waals surface area contributed by atoms with Crippen LogP contribution >= 0.6 is 11.6 Å². The topological polar surface area (TPSA) is 39.1 Å². The zero-order valence-corrected chi connectivity index (χ0v) is 13.0. The minimum Gasteiger partial charge on any atom is -0.481 e. The van der Waals surface area contributed by atoms with Crippen LogP contribution in [0.4, 0.5) is 0 Å². The second-order valence-electron chi connectivity index (χ2n) is 4.85. The molecule has 0 aliphatic carbocycles. The smallest absolute Gasteiger partial charge is 0.216 e. The number of aromatic nitrogens is 2. The van der Waals surface area contributed by atoms with Crippen LogP contribution in [0.1, 0.15) is 29.8 Å². The number of nitrogens with one attached hydrogen (secondary N) is 1. The Morgan fingerprint density at radius 2 is 2.20 bits per heavy atom. The summed E-state index contributed by atoms with van der Waals surface area (Å²) in [5.74, 6) is 0.799. The Balaban J connectivity index is 2.09. The third kappa shape index (κ3) is 3.14. The molecule has 20 heavy (non-hydrogen) atoms. The first-order valence-corrected chi connectivity index (χ1v) is 6.96. The summed E-state index contributed by atoms with van der Waals surface area (Å²) >= 11 is 6.02. The molecule has 0 amide bonds. The van der Waals surface area contributed by atoms with Gasteiger partial charge in [-0.15, -0.1) is 0 Å². The van der Waals surface area contributed by atoms with E-state index in [1.807, 2.05) is 32.2 Å². The van der Waals surface area contributed by atoms with Crippen molar-refractivity contribution in [2.75, 3.05) is 7.11 Å². The Morgan fingerprint density at radius 1 is 1.45 bits per heavy atom. The molecule has 2 aromatic rings. The summed E-state index contributed by atoms with van der Waals surface area (Å²) in [4.78, 5) is 0. The molecule has 1 aromatic heterocycles. The summed E-state index contributed by atoms with van der Waals surface area (Å²) < 4.78 is 7.15. The first-order chi connectivity index (χ1) is 9.52. The number of ether oxygens (including phenoxy) is 1. The van der Waals surface area contributed by atoms with Gasteiger partial charge in [-0.05, 0) is 31.5 Å². The van der Waals surface area contributed by atoms with Crippen LogP contribution in [0.15, 0.2) is 24.3 Å². The summed E-state index contributed by atoms with van der Waals surface area (Å²) in [7, 11) is 3.55. The van der Waals surface area contributed by atoms with Crippen molar-refractivity contribution in [2.45, 2.75) is 26.4 Å². The van der Waals surface area contributed by atoms with Crippen molar-refractivity contribution in [3.8, 4) is 5.88 Å². The van der Waals surface area contributed by atoms with Crippen molar-refractivity contribution in [3.63, 3.8) is 0 Å². The second kappa shape index (κ2) is 6.29. The van der Waals surface area contributed by atoms with Crippen LogP contribution in [0.5, 0.6) is 5.88 Å². The van der Waals surface area contributed by atoms with Crippen LogP contribution in [0.25, 0.3) is 0 Å². The maximum absolute atomic E-state index is 6.02. The standard InChI is InChI=1S/C15H20ClN3O/c1-10(12-6-5-7-13(16)8-12)17-9-14-11(2)18-19(3)15(14)20-4/h5-8,10,17H,9H2,1-4H3/t10-/m1/s1. The fraction of sp³-hybridized carbons (Fsp3) is 0.400. The summed E-state index contributed by atoms with van der Waals surface area (Å²) in [6, 6.07) is 8.10. The number of nitrogens with zero attached hydrogens (tertiary/aromatic N) is 2. The Morgan fingerprint density at radius 3 is 2.85 bits per heavy atom. The largest absolute Gasteiger partial charge is 0.481 e. The molecule has 0 aliphatic heterocycles. The Kier molecular flexibility index (Phi) is 4.68. The van der Waals surface area contributed by atoms with Crippen LogP contribution in [0.2, 0.25) is 5.02 Å². The van der Waals surface area contributed by atoms with Gasteiger partial charge in [0.2, 0.25) is 5.88 Å². The quantitative estimate of drug-likeness (QED) is 0.920. The lowest BCUT2D eigenvalue weighted by atomic mass is 10.1. The van der Waals surface area contributed by atoms with Gasteiger partial charge in [-0.1, -0.05) is 23.7 Å². The number of hydrogen-bond donors (Lipinski definition) is 1. The van der Waals surface area contributed by atoms with Gasteiger partial charge in [0.25, 0.3) is 0 Å². The minimum absolute atomic E-state index is 0.206. The van der Waals surface area contributed by atoms with E-state index in [1.54, 1.807) is 11.8 Å². The van der Waals surface area contributed by atoms with Gasteiger partial charge in [-0.25, -0.2) is 4.68 Å². The number of benzene rings is 1. The molecule has 0 saturated carbocycles. The monoisotopic (exact) mass is 293 g/mol. The fourth-order valence-corrected chi connectivity index (χ4v) is 2.49. The van der Waals surface area contributed by atoms with E-state index in [-0.39, 0.29) is 6.04 Å². The average Bonchev–Trinajstić information content (AvgIpc) is 2.69. The van der Waals surface area contributed by atoms with Gasteiger partial charge in [0.1, 0.15) is 0 Å². The van der Waals surface area contributed by atoms with Crippen LogP contribution in [-0.2, 0) is 13.6 Å². The molecule has 0 fully saturated rings. The SMILES string of the molecule is COc1c(CN[C@H](C)c2cccc(Cl)c2)c(C)nn1C. The molecule has 5 heteroatoms. The van der Waals surface area contributed by atoms with Gasteiger partial charge in [0.15, 0.2) is 0 Å². The lowest BCUT2D eigenvalue weighted by Gasteiger charge is -2.15. The molecule has 0 saturated heterocycles. The highest BCUT2D eigenvalue weighted by molar-refractivity contribution is 6.30. The highest BCUT2D eigenvalue weighted by Gasteiger charge is 2.14. The highest BCUT2D eigenvalue weighted by Crippen LogP contribution is 2.23. The summed E-state index contributed by atoms with van der Waals surface area (Å²) in [5, 5.41) is 8.61. The summed E-state index contributed by atoms with van der Waals surface area (Å²) in [6.45, 7) is 4.81. The van der Waals surface area contributed by atoms with E-state index in [1.165, 1.54) is 0 Å². The molecular formula is C15H20ClN3O. The van der Waals surface area contributed by atoms with Crippen LogP contribution < -0.4 is 10.1 Å². The molecule has 0 spiro atoms. The van der Waals surface area contributed by atoms with Crippen molar-refractivity contribution >= 4 is 11.6 Å². The molecule has 1 aromatic carbocycles. The highest BCUT2D eigenvalue weighted by atomic mass is 35.5. The fourth-order valence-electron chi connectivity index (χ4n) is 2.29. The van der Waals surface area contributed by atoms with E-state index in [4.69, 9.17) is 16.3 Å². The maximum Gasteiger partial charge on any atom is 0.216 e. The number of halogens is 1. The lowest BCUT2D eigenvalue weighted by Crippen LogP contribution is -2.18. The zero-order valence-electron chi connectivity index (χ0n) is 12.3. The number of rotatable bonds is 5. The third-order valence-corrected chi connectivity index (χ3v) is 3.65. The first-order valence-electron chi connectivity index (χ1n) is 6.58. The van der Waals surface area contributed by atoms with Crippen molar-refractivity contribution in [1.29, 1.82) is 0 Å². The first kappa shape index (κ1) is 14.9. The number of hydrogen-bond acceptors (Lipinski definition) is 3. The molecule has 0 radical (unpaired) electrons. The van der Waals surface area contributed by atoms with E-state index < -0.39 is 0 Å². The molecule has 4 nitrogen and oxygen atoms in total. The van der Waals surface area contributed by atoms with E-state index >= 15 is 0 Å². The minimum atomic E-state index is 0.206. The summed E-state index contributed by atoms with van der Waals surface area (Å²) in [6.07, 6.45) is 0. The van der Waals surface area contributed by atoms with Gasteiger partial charge in [0, 0.05) is 24.7 Å². The van der Waals surface area contributed by atoms with Crippen molar-refractivity contribution in [2.24, 2.45) is 7.05 Å². The van der Waals surface area contributed by atoms with Gasteiger partial charge < -0.3 is 10.1 Å². The second-order valence-corrected chi connectivity index (χ2v) is 5.29. The van der Waals surface area contributed by atoms with Gasteiger partial charge in [-0.3, -0.25) is 0 Å².